The fourth-order valence-electron chi connectivity index (χ4n) is 13.4. The zero-order valence-electron chi connectivity index (χ0n) is 36.9. The Morgan fingerprint density at radius 2 is 0.697 bits per heavy atom. The van der Waals surface area contributed by atoms with Crippen molar-refractivity contribution >= 4 is 17.1 Å². The van der Waals surface area contributed by atoms with Crippen molar-refractivity contribution in [3.8, 4) is 34.2 Å². The average Bonchev–Trinajstić information content (AvgIpc) is 3.39. The van der Waals surface area contributed by atoms with Crippen molar-refractivity contribution in [2.45, 2.75) is 42.9 Å². The molecule has 0 radical (unpaired) electrons. The number of fused-ring (bicyclic) bond motifs is 2. The van der Waals surface area contributed by atoms with Crippen LogP contribution < -0.4 is 4.90 Å². The summed E-state index contributed by atoms with van der Waals surface area (Å²) in [6.07, 6.45) is 6.63. The van der Waals surface area contributed by atoms with Gasteiger partial charge in [0.2, 0.25) is 0 Å². The van der Waals surface area contributed by atoms with E-state index in [-0.39, 0.29) is 5.41 Å². The van der Waals surface area contributed by atoms with E-state index in [2.05, 4.69) is 187 Å². The molecule has 14 rings (SSSR count). The van der Waals surface area contributed by atoms with Crippen LogP contribution in [0.5, 0.6) is 0 Å². The number of aromatic nitrogens is 3. The zero-order chi connectivity index (χ0) is 43.7. The molecule has 318 valence electrons. The number of hydrogen-bond acceptors (Lipinski definition) is 4. The Bertz CT molecular complexity index is 3010. The first-order valence-corrected chi connectivity index (χ1v) is 23.9. The van der Waals surface area contributed by atoms with Gasteiger partial charge in [0.05, 0.1) is 16.8 Å². The highest BCUT2D eigenvalue weighted by Gasteiger charge is 2.58. The molecule has 4 aliphatic carbocycles. The van der Waals surface area contributed by atoms with E-state index in [4.69, 9.17) is 15.0 Å². The molecular formula is C62H50N4. The molecule has 0 spiro atoms. The summed E-state index contributed by atoms with van der Waals surface area (Å²) < 4.78 is 0. The van der Waals surface area contributed by atoms with Gasteiger partial charge in [-0.15, -0.1) is 0 Å². The Labute approximate surface area is 387 Å². The molecule has 0 unspecified atom stereocenters. The largest absolute Gasteiger partial charge is 0.310 e. The smallest absolute Gasteiger partial charge is 0.164 e. The first-order valence-electron chi connectivity index (χ1n) is 23.9. The number of para-hydroxylation sites is 2. The van der Waals surface area contributed by atoms with Gasteiger partial charge in [0.1, 0.15) is 0 Å². The second-order valence-corrected chi connectivity index (χ2v) is 19.2. The summed E-state index contributed by atoms with van der Waals surface area (Å²) in [6, 6.07) is 80.1. The van der Waals surface area contributed by atoms with E-state index in [1.54, 1.807) is 0 Å². The number of benzene rings is 8. The molecule has 4 bridgehead atoms. The summed E-state index contributed by atoms with van der Waals surface area (Å²) in [5, 5.41) is 0. The summed E-state index contributed by atoms with van der Waals surface area (Å²) in [7, 11) is 0. The molecule has 4 fully saturated rings. The molecule has 2 heterocycles. The average molecular weight is 851 g/mol. The first kappa shape index (κ1) is 39.0. The number of nitrogens with zero attached hydrogens (tertiary/aromatic N) is 4. The Kier molecular flexibility index (Phi) is 9.23. The quantitative estimate of drug-likeness (QED) is 0.153. The first-order chi connectivity index (χ1) is 32.7. The molecular weight excluding hydrogens is 801 g/mol. The minimum atomic E-state index is -0.490. The molecule has 0 amide bonds. The van der Waals surface area contributed by atoms with Crippen molar-refractivity contribution in [3.05, 3.63) is 252 Å². The Hall–Kier alpha value is -7.43. The van der Waals surface area contributed by atoms with Crippen LogP contribution in [0.1, 0.15) is 65.5 Å². The van der Waals surface area contributed by atoms with Crippen LogP contribution in [0.15, 0.2) is 218 Å². The predicted octanol–water partition coefficient (Wildman–Crippen LogP) is 14.8. The minimum absolute atomic E-state index is 0.0680. The van der Waals surface area contributed by atoms with Crippen LogP contribution in [0.2, 0.25) is 0 Å². The van der Waals surface area contributed by atoms with Gasteiger partial charge in [0, 0.05) is 27.8 Å². The maximum atomic E-state index is 5.09. The van der Waals surface area contributed by atoms with Gasteiger partial charge in [-0.25, -0.2) is 15.0 Å². The van der Waals surface area contributed by atoms with E-state index in [0.29, 0.717) is 29.3 Å². The van der Waals surface area contributed by atoms with Gasteiger partial charge in [-0.3, -0.25) is 0 Å². The normalized spacial score (nSPS) is 22.1. The number of anilines is 3. The molecule has 1 aliphatic heterocycles. The van der Waals surface area contributed by atoms with Gasteiger partial charge in [-0.2, -0.15) is 0 Å². The van der Waals surface area contributed by atoms with Gasteiger partial charge in [-0.1, -0.05) is 194 Å². The van der Waals surface area contributed by atoms with Crippen molar-refractivity contribution < 1.29 is 0 Å². The van der Waals surface area contributed by atoms with E-state index < -0.39 is 5.41 Å². The molecule has 0 N–H and O–H groups in total. The van der Waals surface area contributed by atoms with E-state index >= 15 is 0 Å². The molecule has 0 atom stereocenters. The third kappa shape index (κ3) is 6.00. The van der Waals surface area contributed by atoms with Crippen LogP contribution >= 0.6 is 0 Å². The Balaban J connectivity index is 0.926. The van der Waals surface area contributed by atoms with Crippen LogP contribution in [-0.2, 0) is 10.8 Å². The van der Waals surface area contributed by atoms with Crippen molar-refractivity contribution in [2.75, 3.05) is 4.90 Å². The molecule has 4 nitrogen and oxygen atoms in total. The van der Waals surface area contributed by atoms with Crippen molar-refractivity contribution in [1.82, 2.24) is 15.0 Å². The van der Waals surface area contributed by atoms with E-state index in [0.717, 1.165) is 28.5 Å². The lowest BCUT2D eigenvalue weighted by Crippen LogP contribution is -2.56. The molecule has 4 saturated carbocycles. The highest BCUT2D eigenvalue weighted by Crippen LogP contribution is 2.66. The van der Waals surface area contributed by atoms with E-state index in [9.17, 15) is 0 Å². The molecule has 4 heteroatoms. The van der Waals surface area contributed by atoms with Crippen molar-refractivity contribution in [1.29, 1.82) is 0 Å². The fourth-order valence-corrected chi connectivity index (χ4v) is 13.4. The third-order valence-corrected chi connectivity index (χ3v) is 15.9. The number of hydrogen-bond donors (Lipinski definition) is 0. The van der Waals surface area contributed by atoms with Crippen LogP contribution in [0, 0.1) is 23.7 Å². The minimum Gasteiger partial charge on any atom is -0.310 e. The second-order valence-electron chi connectivity index (χ2n) is 19.2. The third-order valence-electron chi connectivity index (χ3n) is 15.9. The van der Waals surface area contributed by atoms with Crippen molar-refractivity contribution in [2.24, 2.45) is 23.7 Å². The summed E-state index contributed by atoms with van der Waals surface area (Å²) >= 11 is 0. The molecule has 9 aromatic rings. The summed E-state index contributed by atoms with van der Waals surface area (Å²) in [5.74, 6) is 4.96. The lowest BCUT2D eigenvalue weighted by Gasteiger charge is -2.62. The number of rotatable bonds is 8. The maximum Gasteiger partial charge on any atom is 0.164 e. The lowest BCUT2D eigenvalue weighted by atomic mass is 9.42. The molecule has 1 aromatic heterocycles. The second kappa shape index (κ2) is 15.6. The van der Waals surface area contributed by atoms with E-state index in [1.165, 1.54) is 82.5 Å². The molecule has 0 saturated heterocycles. The Morgan fingerprint density at radius 1 is 0.333 bits per heavy atom. The summed E-state index contributed by atoms with van der Waals surface area (Å²) in [6.45, 7) is 0. The van der Waals surface area contributed by atoms with Gasteiger partial charge in [0.25, 0.3) is 0 Å². The van der Waals surface area contributed by atoms with Crippen molar-refractivity contribution in [3.63, 3.8) is 0 Å². The SMILES string of the molecule is c1ccc(-c2nc(-c3ccccc3)nc(-c3ccc(C4(c5ccc(N6c7ccccc7C(c7ccccc7)(c7ccccc7)c7ccccc76)cc5)C5CC6CC(C5)CC4C6)cc3)n2)cc1. The molecule has 8 aromatic carbocycles. The zero-order valence-corrected chi connectivity index (χ0v) is 36.9. The van der Waals surface area contributed by atoms with Gasteiger partial charge >= 0.3 is 0 Å². The standard InChI is InChI=1S/C62H50N4/c1-5-17-44(18-6-1)58-63-59(45-19-7-2-8-20-45)65-60(64-58)46-29-31-49(32-30-46)61(51-38-42-37-43(40-51)41-52(61)39-42)50-33-35-53(36-34-50)66-56-27-15-13-25-54(56)62(47-21-9-3-10-22-47,48-23-11-4-12-24-48)55-26-14-16-28-57(55)66/h1-36,42-43,51-52H,37-41H2. The van der Waals surface area contributed by atoms with Crippen LogP contribution in [0.25, 0.3) is 34.2 Å². The maximum absolute atomic E-state index is 5.09. The predicted molar refractivity (Wildman–Crippen MR) is 267 cm³/mol. The van der Waals surface area contributed by atoms with Gasteiger partial charge in [0.15, 0.2) is 17.5 Å². The monoisotopic (exact) mass is 850 g/mol. The van der Waals surface area contributed by atoms with Crippen LogP contribution in [0.4, 0.5) is 17.1 Å². The topological polar surface area (TPSA) is 41.9 Å². The van der Waals surface area contributed by atoms with E-state index in [1.807, 2.05) is 36.4 Å². The fraction of sp³-hybridized carbons (Fsp3) is 0.177. The van der Waals surface area contributed by atoms with Crippen LogP contribution in [-0.4, -0.2) is 15.0 Å². The van der Waals surface area contributed by atoms with Crippen LogP contribution in [0.3, 0.4) is 0 Å². The van der Waals surface area contributed by atoms with Gasteiger partial charge in [-0.05, 0) is 113 Å². The summed E-state index contributed by atoms with van der Waals surface area (Å²) in [4.78, 5) is 17.7. The molecule has 5 aliphatic rings. The highest BCUT2D eigenvalue weighted by atomic mass is 15.2. The highest BCUT2D eigenvalue weighted by molar-refractivity contribution is 5.89. The summed E-state index contributed by atoms with van der Waals surface area (Å²) in [5.41, 5.74) is 14.0. The molecule has 66 heavy (non-hydrogen) atoms. The lowest BCUT2D eigenvalue weighted by molar-refractivity contribution is -0.0418. The van der Waals surface area contributed by atoms with Gasteiger partial charge < -0.3 is 4.90 Å². The Morgan fingerprint density at radius 3 is 1.14 bits per heavy atom.